The maximum absolute atomic E-state index is 12.7. The van der Waals surface area contributed by atoms with E-state index in [1.807, 2.05) is 26.0 Å². The van der Waals surface area contributed by atoms with Crippen LogP contribution in [0, 0.1) is 6.92 Å². The molecule has 0 bridgehead atoms. The molecular formula is C18H26N4O5S. The number of amides is 3. The Bertz CT molecular complexity index is 870. The largest absolute Gasteiger partial charge is 0.332 e. The van der Waals surface area contributed by atoms with E-state index in [1.165, 1.54) is 11.8 Å². The van der Waals surface area contributed by atoms with Gasteiger partial charge in [-0.15, -0.1) is 0 Å². The molecule has 154 valence electrons. The van der Waals surface area contributed by atoms with Crippen LogP contribution in [0.2, 0.25) is 0 Å². The lowest BCUT2D eigenvalue weighted by molar-refractivity contribution is -0.135. The Kier molecular flexibility index (Phi) is 6.78. The van der Waals surface area contributed by atoms with Gasteiger partial charge >= 0.3 is 10.2 Å². The fraction of sp³-hybridized carbons (Fsp3) is 0.500. The third-order valence-electron chi connectivity index (χ3n) is 4.63. The zero-order chi connectivity index (χ0) is 21.1. The number of rotatable bonds is 7. The minimum absolute atomic E-state index is 0.201. The van der Waals surface area contributed by atoms with Gasteiger partial charge in [0.15, 0.2) is 0 Å². The molecule has 10 heteroatoms. The predicted molar refractivity (Wildman–Crippen MR) is 105 cm³/mol. The van der Waals surface area contributed by atoms with E-state index in [2.05, 4.69) is 5.32 Å². The number of nitrogens with one attached hydrogen (secondary N) is 1. The van der Waals surface area contributed by atoms with Crippen LogP contribution in [0.25, 0.3) is 0 Å². The average Bonchev–Trinajstić information content (AvgIpc) is 2.78. The van der Waals surface area contributed by atoms with Crippen LogP contribution in [-0.2, 0) is 24.6 Å². The van der Waals surface area contributed by atoms with Gasteiger partial charge in [0.2, 0.25) is 11.8 Å². The van der Waals surface area contributed by atoms with E-state index in [0.717, 1.165) is 16.9 Å². The predicted octanol–water partition coefficient (Wildman–Crippen LogP) is 0.579. The molecule has 9 nitrogen and oxygen atoms in total. The van der Waals surface area contributed by atoms with Crippen molar-refractivity contribution in [2.45, 2.75) is 33.2 Å². The van der Waals surface area contributed by atoms with Crippen molar-refractivity contribution in [3.05, 3.63) is 29.8 Å². The van der Waals surface area contributed by atoms with Gasteiger partial charge in [-0.3, -0.25) is 14.4 Å². The smallest absolute Gasteiger partial charge is 0.307 e. The number of nitrogens with zero attached hydrogens (tertiary/aromatic N) is 3. The number of benzene rings is 1. The molecule has 0 aromatic heterocycles. The average molecular weight is 410 g/mol. The highest BCUT2D eigenvalue weighted by Crippen LogP contribution is 2.22. The fourth-order valence-corrected chi connectivity index (χ4v) is 4.40. The molecule has 0 radical (unpaired) electrons. The molecular weight excluding hydrogens is 384 g/mol. The number of likely N-dealkylation sites (N-methyl/N-ethyl adjacent to an activating group) is 1. The van der Waals surface area contributed by atoms with E-state index in [4.69, 9.17) is 0 Å². The minimum atomic E-state index is -4.02. The van der Waals surface area contributed by atoms with Crippen molar-refractivity contribution in [1.82, 2.24) is 13.5 Å². The van der Waals surface area contributed by atoms with Gasteiger partial charge in [0.25, 0.3) is 5.91 Å². The van der Waals surface area contributed by atoms with Crippen molar-refractivity contribution in [3.8, 4) is 0 Å². The number of carbonyl (C=O) groups is 3. The van der Waals surface area contributed by atoms with Crippen LogP contribution in [0.1, 0.15) is 25.8 Å². The van der Waals surface area contributed by atoms with Crippen LogP contribution in [0.3, 0.4) is 0 Å². The Morgan fingerprint density at radius 2 is 1.89 bits per heavy atom. The van der Waals surface area contributed by atoms with Crippen LogP contribution in [-0.4, -0.2) is 72.4 Å². The highest BCUT2D eigenvalue weighted by atomic mass is 32.2. The van der Waals surface area contributed by atoms with Crippen LogP contribution in [0.5, 0.6) is 0 Å². The number of hydrogen-bond donors (Lipinski definition) is 1. The molecule has 1 saturated heterocycles. The fourth-order valence-electron chi connectivity index (χ4n) is 2.95. The first-order valence-electron chi connectivity index (χ1n) is 9.02. The molecule has 2 rings (SSSR count). The van der Waals surface area contributed by atoms with E-state index in [9.17, 15) is 22.8 Å². The number of anilines is 1. The summed E-state index contributed by atoms with van der Waals surface area (Å²) in [5.74, 6) is -1.49. The normalized spacial score (nSPS) is 18.9. The summed E-state index contributed by atoms with van der Waals surface area (Å²) in [6.07, 6.45) is 0.602. The SMILES string of the molecule is CCCN(CC(=O)Nc1ccccc1C)C(=O)CN1C(C)C(=O)N(C)S1(=O)=O. The first-order chi connectivity index (χ1) is 13.1. The highest BCUT2D eigenvalue weighted by molar-refractivity contribution is 7.87. The first-order valence-corrected chi connectivity index (χ1v) is 10.4. The summed E-state index contributed by atoms with van der Waals surface area (Å²) in [5.41, 5.74) is 1.54. The third-order valence-corrected chi connectivity index (χ3v) is 6.54. The molecule has 3 amide bonds. The zero-order valence-electron chi connectivity index (χ0n) is 16.5. The van der Waals surface area contributed by atoms with Crippen LogP contribution >= 0.6 is 0 Å². The molecule has 1 fully saturated rings. The molecule has 1 N–H and O–H groups in total. The molecule has 1 aromatic rings. The van der Waals surface area contributed by atoms with E-state index in [1.54, 1.807) is 12.1 Å². The second kappa shape index (κ2) is 8.70. The van der Waals surface area contributed by atoms with Crippen molar-refractivity contribution < 1.29 is 22.8 Å². The summed E-state index contributed by atoms with van der Waals surface area (Å²) in [6.45, 7) is 4.76. The molecule has 1 heterocycles. The monoisotopic (exact) mass is 410 g/mol. The van der Waals surface area contributed by atoms with Crippen molar-refractivity contribution in [1.29, 1.82) is 0 Å². The summed E-state index contributed by atoms with van der Waals surface area (Å²) in [4.78, 5) is 38.3. The van der Waals surface area contributed by atoms with Crippen LogP contribution < -0.4 is 5.32 Å². The van der Waals surface area contributed by atoms with Gasteiger partial charge in [-0.25, -0.2) is 4.31 Å². The van der Waals surface area contributed by atoms with Gasteiger partial charge in [0.1, 0.15) is 6.04 Å². The molecule has 1 unspecified atom stereocenters. The first kappa shape index (κ1) is 21.8. The highest BCUT2D eigenvalue weighted by Gasteiger charge is 2.47. The Hall–Kier alpha value is -2.46. The Morgan fingerprint density at radius 3 is 2.43 bits per heavy atom. The number of aryl methyl sites for hydroxylation is 1. The Labute approximate surface area is 165 Å². The van der Waals surface area contributed by atoms with E-state index < -0.39 is 34.6 Å². The Morgan fingerprint density at radius 1 is 1.25 bits per heavy atom. The second-order valence-electron chi connectivity index (χ2n) is 6.71. The van der Waals surface area contributed by atoms with Gasteiger partial charge in [0, 0.05) is 19.3 Å². The van der Waals surface area contributed by atoms with Gasteiger partial charge in [-0.1, -0.05) is 25.1 Å². The topological polar surface area (TPSA) is 107 Å². The zero-order valence-corrected chi connectivity index (χ0v) is 17.3. The van der Waals surface area contributed by atoms with E-state index in [0.29, 0.717) is 23.0 Å². The van der Waals surface area contributed by atoms with Gasteiger partial charge in [0.05, 0.1) is 13.1 Å². The van der Waals surface area contributed by atoms with Gasteiger partial charge in [-0.2, -0.15) is 12.7 Å². The minimum Gasteiger partial charge on any atom is -0.332 e. The maximum Gasteiger partial charge on any atom is 0.307 e. The lowest BCUT2D eigenvalue weighted by Crippen LogP contribution is -2.46. The van der Waals surface area contributed by atoms with Crippen molar-refractivity contribution in [2.24, 2.45) is 0 Å². The van der Waals surface area contributed by atoms with Crippen LogP contribution in [0.4, 0.5) is 5.69 Å². The van der Waals surface area contributed by atoms with Crippen LogP contribution in [0.15, 0.2) is 24.3 Å². The molecule has 0 saturated carbocycles. The lowest BCUT2D eigenvalue weighted by atomic mass is 10.2. The van der Waals surface area contributed by atoms with Crippen molar-refractivity contribution >= 4 is 33.6 Å². The summed E-state index contributed by atoms with van der Waals surface area (Å²) in [5, 5.41) is 2.76. The van der Waals surface area contributed by atoms with Gasteiger partial charge in [-0.05, 0) is 31.9 Å². The maximum atomic E-state index is 12.7. The van der Waals surface area contributed by atoms with Crippen molar-refractivity contribution in [2.75, 3.05) is 32.0 Å². The summed E-state index contributed by atoms with van der Waals surface area (Å²) in [7, 11) is -2.86. The number of para-hydroxylation sites is 1. The number of carbonyl (C=O) groups excluding carboxylic acids is 3. The molecule has 28 heavy (non-hydrogen) atoms. The second-order valence-corrected chi connectivity index (χ2v) is 8.63. The molecule has 1 atom stereocenters. The number of hydrogen-bond acceptors (Lipinski definition) is 5. The quantitative estimate of drug-likeness (QED) is 0.708. The molecule has 1 aromatic carbocycles. The van der Waals surface area contributed by atoms with Crippen molar-refractivity contribution in [3.63, 3.8) is 0 Å². The van der Waals surface area contributed by atoms with E-state index >= 15 is 0 Å². The Balaban J connectivity index is 2.08. The van der Waals surface area contributed by atoms with Gasteiger partial charge < -0.3 is 10.2 Å². The van der Waals surface area contributed by atoms with E-state index in [-0.39, 0.29) is 12.5 Å². The summed E-state index contributed by atoms with van der Waals surface area (Å²) in [6, 6.07) is 6.32. The summed E-state index contributed by atoms with van der Waals surface area (Å²) >= 11 is 0. The standard InChI is InChI=1S/C18H26N4O5S/c1-5-10-21(11-16(23)19-15-9-7-6-8-13(15)2)17(24)12-22-14(3)18(25)20(4)28(22,26)27/h6-9,14H,5,10-12H2,1-4H3,(H,19,23). The lowest BCUT2D eigenvalue weighted by Gasteiger charge is -2.25. The third kappa shape index (κ3) is 4.50. The molecule has 0 aliphatic carbocycles. The molecule has 0 spiro atoms. The molecule has 1 aliphatic rings. The molecule has 1 aliphatic heterocycles. The summed E-state index contributed by atoms with van der Waals surface area (Å²) < 4.78 is 26.1.